The molecule has 2 aromatic heterocycles. The van der Waals surface area contributed by atoms with Crippen molar-refractivity contribution in [3.05, 3.63) is 40.8 Å². The Morgan fingerprint density at radius 2 is 2.19 bits per heavy atom. The molecule has 4 nitrogen and oxygen atoms in total. The zero-order chi connectivity index (χ0) is 14.8. The van der Waals surface area contributed by atoms with E-state index < -0.39 is 0 Å². The average Bonchev–Trinajstić information content (AvgIpc) is 3.01. The Hall–Kier alpha value is -2.10. The summed E-state index contributed by atoms with van der Waals surface area (Å²) < 4.78 is 10.7. The highest BCUT2D eigenvalue weighted by molar-refractivity contribution is 5.97. The van der Waals surface area contributed by atoms with E-state index in [-0.39, 0.29) is 5.97 Å². The molecule has 0 N–H and O–H groups in total. The van der Waals surface area contributed by atoms with Gasteiger partial charge in [0.25, 0.3) is 0 Å². The number of nitrogens with zero attached hydrogens (tertiary/aromatic N) is 1. The van der Waals surface area contributed by atoms with Gasteiger partial charge in [-0.3, -0.25) is 0 Å². The molecule has 0 unspecified atom stereocenters. The van der Waals surface area contributed by atoms with Gasteiger partial charge in [-0.25, -0.2) is 9.78 Å². The molecule has 0 radical (unpaired) electrons. The molecule has 110 valence electrons. The molecule has 0 spiro atoms. The lowest BCUT2D eigenvalue weighted by molar-refractivity contribution is 0.0525. The SMILES string of the molecule is CCOC(=O)c1c(-c2ccco2)nc2c(c1C)CCCC2. The summed E-state index contributed by atoms with van der Waals surface area (Å²) in [5.41, 5.74) is 4.45. The summed E-state index contributed by atoms with van der Waals surface area (Å²) >= 11 is 0. The second-order valence-electron chi connectivity index (χ2n) is 5.29. The number of fused-ring (bicyclic) bond motifs is 1. The van der Waals surface area contributed by atoms with Crippen LogP contribution in [0.3, 0.4) is 0 Å². The van der Waals surface area contributed by atoms with Crippen molar-refractivity contribution in [1.82, 2.24) is 4.98 Å². The van der Waals surface area contributed by atoms with Gasteiger partial charge in [0.2, 0.25) is 0 Å². The molecule has 0 amide bonds. The van der Waals surface area contributed by atoms with Crippen LogP contribution in [0.4, 0.5) is 0 Å². The number of aryl methyl sites for hydroxylation is 1. The second kappa shape index (κ2) is 5.72. The van der Waals surface area contributed by atoms with Crippen LogP contribution < -0.4 is 0 Å². The third-order valence-corrected chi connectivity index (χ3v) is 3.98. The van der Waals surface area contributed by atoms with Gasteiger partial charge < -0.3 is 9.15 Å². The van der Waals surface area contributed by atoms with E-state index in [1.807, 2.05) is 19.9 Å². The Balaban J connectivity index is 2.21. The van der Waals surface area contributed by atoms with E-state index in [2.05, 4.69) is 0 Å². The third-order valence-electron chi connectivity index (χ3n) is 3.98. The number of carbonyl (C=O) groups is 1. The van der Waals surface area contributed by atoms with Gasteiger partial charge in [-0.2, -0.15) is 0 Å². The van der Waals surface area contributed by atoms with Gasteiger partial charge in [0.1, 0.15) is 5.69 Å². The molecule has 0 saturated heterocycles. The van der Waals surface area contributed by atoms with Crippen molar-refractivity contribution >= 4 is 5.97 Å². The molecule has 2 heterocycles. The maximum absolute atomic E-state index is 12.4. The van der Waals surface area contributed by atoms with Crippen molar-refractivity contribution in [2.24, 2.45) is 0 Å². The summed E-state index contributed by atoms with van der Waals surface area (Å²) in [5.74, 6) is 0.303. The minimum Gasteiger partial charge on any atom is -0.463 e. The predicted molar refractivity (Wildman–Crippen MR) is 79.3 cm³/mol. The standard InChI is InChI=1S/C17H19NO3/c1-3-20-17(19)15-11(2)12-7-4-5-8-13(12)18-16(15)14-9-6-10-21-14/h6,9-10H,3-5,7-8H2,1-2H3. The van der Waals surface area contributed by atoms with Crippen LogP contribution in [0.25, 0.3) is 11.5 Å². The molecule has 0 atom stereocenters. The number of furan rings is 1. The highest BCUT2D eigenvalue weighted by Gasteiger charge is 2.26. The average molecular weight is 285 g/mol. The normalized spacial score (nSPS) is 13.8. The first-order valence-electron chi connectivity index (χ1n) is 7.45. The van der Waals surface area contributed by atoms with Gasteiger partial charge >= 0.3 is 5.97 Å². The number of aromatic nitrogens is 1. The van der Waals surface area contributed by atoms with Crippen LogP contribution in [0.1, 0.15) is 46.9 Å². The summed E-state index contributed by atoms with van der Waals surface area (Å²) in [5, 5.41) is 0. The number of carbonyl (C=O) groups excluding carboxylic acids is 1. The fourth-order valence-corrected chi connectivity index (χ4v) is 2.98. The first-order chi connectivity index (χ1) is 10.2. The molecular formula is C17H19NO3. The second-order valence-corrected chi connectivity index (χ2v) is 5.29. The molecule has 0 fully saturated rings. The van der Waals surface area contributed by atoms with Crippen molar-refractivity contribution in [2.75, 3.05) is 6.61 Å². The van der Waals surface area contributed by atoms with Crippen LogP contribution in [0.15, 0.2) is 22.8 Å². The Morgan fingerprint density at radius 1 is 1.38 bits per heavy atom. The molecule has 0 bridgehead atoms. The molecule has 3 rings (SSSR count). The van der Waals surface area contributed by atoms with Crippen LogP contribution in [0.2, 0.25) is 0 Å². The zero-order valence-corrected chi connectivity index (χ0v) is 12.4. The van der Waals surface area contributed by atoms with Crippen molar-refractivity contribution in [3.63, 3.8) is 0 Å². The smallest absolute Gasteiger partial charge is 0.340 e. The van der Waals surface area contributed by atoms with Crippen LogP contribution >= 0.6 is 0 Å². The van der Waals surface area contributed by atoms with E-state index in [0.29, 0.717) is 23.6 Å². The number of hydrogen-bond acceptors (Lipinski definition) is 4. The lowest BCUT2D eigenvalue weighted by atomic mass is 9.89. The van der Waals surface area contributed by atoms with Gasteiger partial charge in [-0.15, -0.1) is 0 Å². The van der Waals surface area contributed by atoms with Crippen LogP contribution in [-0.4, -0.2) is 17.6 Å². The van der Waals surface area contributed by atoms with Crippen LogP contribution in [-0.2, 0) is 17.6 Å². The van der Waals surface area contributed by atoms with E-state index in [1.165, 1.54) is 5.56 Å². The Kier molecular flexibility index (Phi) is 3.78. The minimum absolute atomic E-state index is 0.317. The summed E-state index contributed by atoms with van der Waals surface area (Å²) in [6.07, 6.45) is 5.85. The fraction of sp³-hybridized carbons (Fsp3) is 0.412. The maximum atomic E-state index is 12.4. The fourth-order valence-electron chi connectivity index (χ4n) is 2.98. The van der Waals surface area contributed by atoms with Crippen molar-refractivity contribution in [1.29, 1.82) is 0 Å². The molecule has 21 heavy (non-hydrogen) atoms. The number of hydrogen-bond donors (Lipinski definition) is 0. The van der Waals surface area contributed by atoms with E-state index in [1.54, 1.807) is 12.3 Å². The first-order valence-corrected chi connectivity index (χ1v) is 7.45. The van der Waals surface area contributed by atoms with E-state index in [0.717, 1.165) is 36.9 Å². The summed E-state index contributed by atoms with van der Waals surface area (Å²) in [6, 6.07) is 3.64. The highest BCUT2D eigenvalue weighted by Crippen LogP contribution is 2.32. The quantitative estimate of drug-likeness (QED) is 0.807. The lowest BCUT2D eigenvalue weighted by Gasteiger charge is -2.21. The van der Waals surface area contributed by atoms with E-state index in [4.69, 9.17) is 14.1 Å². The van der Waals surface area contributed by atoms with Crippen molar-refractivity contribution < 1.29 is 13.9 Å². The van der Waals surface area contributed by atoms with Crippen LogP contribution in [0.5, 0.6) is 0 Å². The molecule has 0 aromatic carbocycles. The Labute approximate surface area is 124 Å². The number of rotatable bonds is 3. The zero-order valence-electron chi connectivity index (χ0n) is 12.4. The predicted octanol–water partition coefficient (Wildman–Crippen LogP) is 3.71. The highest BCUT2D eigenvalue weighted by atomic mass is 16.5. The van der Waals surface area contributed by atoms with Gasteiger partial charge in [-0.1, -0.05) is 0 Å². The van der Waals surface area contributed by atoms with Gasteiger partial charge in [0.15, 0.2) is 5.76 Å². The summed E-state index contributed by atoms with van der Waals surface area (Å²) in [4.78, 5) is 17.1. The molecule has 2 aromatic rings. The molecule has 1 aliphatic carbocycles. The molecule has 1 aliphatic rings. The molecule has 0 saturated carbocycles. The number of pyridine rings is 1. The monoisotopic (exact) mass is 285 g/mol. The van der Waals surface area contributed by atoms with E-state index >= 15 is 0 Å². The summed E-state index contributed by atoms with van der Waals surface area (Å²) in [6.45, 7) is 4.16. The lowest BCUT2D eigenvalue weighted by Crippen LogP contribution is -2.16. The van der Waals surface area contributed by atoms with Gasteiger partial charge in [-0.05, 0) is 62.8 Å². The minimum atomic E-state index is -0.317. The first kappa shape index (κ1) is 13.9. The molecular weight excluding hydrogens is 266 g/mol. The van der Waals surface area contributed by atoms with Crippen molar-refractivity contribution in [3.8, 4) is 11.5 Å². The Bertz CT molecular complexity index is 659. The largest absolute Gasteiger partial charge is 0.463 e. The number of ether oxygens (including phenoxy) is 1. The number of esters is 1. The van der Waals surface area contributed by atoms with Gasteiger partial charge in [0, 0.05) is 5.69 Å². The summed E-state index contributed by atoms with van der Waals surface area (Å²) in [7, 11) is 0. The topological polar surface area (TPSA) is 52.3 Å². The van der Waals surface area contributed by atoms with E-state index in [9.17, 15) is 4.79 Å². The molecule has 0 aliphatic heterocycles. The third kappa shape index (κ3) is 2.46. The maximum Gasteiger partial charge on any atom is 0.340 e. The van der Waals surface area contributed by atoms with Crippen molar-refractivity contribution in [2.45, 2.75) is 39.5 Å². The van der Waals surface area contributed by atoms with Crippen LogP contribution in [0, 0.1) is 6.92 Å². The molecule has 4 heteroatoms. The van der Waals surface area contributed by atoms with Gasteiger partial charge in [0.05, 0.1) is 18.4 Å². The Morgan fingerprint density at radius 3 is 2.90 bits per heavy atom.